The van der Waals surface area contributed by atoms with E-state index in [0.29, 0.717) is 16.7 Å². The minimum Gasteiger partial charge on any atom is -0.502 e. The Kier molecular flexibility index (Phi) is 12.9. The van der Waals surface area contributed by atoms with Gasteiger partial charge >= 0.3 is 0 Å². The van der Waals surface area contributed by atoms with Crippen LogP contribution >= 0.6 is 0 Å². The van der Waals surface area contributed by atoms with Crippen molar-refractivity contribution in [1.29, 1.82) is 0 Å². The number of aliphatic hydroxyl groups excluding tert-OH is 8. The van der Waals surface area contributed by atoms with Crippen LogP contribution < -0.4 is 18.9 Å². The van der Waals surface area contributed by atoms with Gasteiger partial charge in [0, 0.05) is 18.1 Å². The second-order valence-corrected chi connectivity index (χ2v) is 12.9. The molecule has 2 aromatic carbocycles. The summed E-state index contributed by atoms with van der Waals surface area (Å²) < 4.78 is 44.9. The summed E-state index contributed by atoms with van der Waals surface area (Å²) in [5, 5.41) is 105. The Morgan fingerprint density at radius 2 is 1.23 bits per heavy atom. The molecular weight excluding hydrogens is 696 g/mol. The summed E-state index contributed by atoms with van der Waals surface area (Å²) in [5.41, 5.74) is 1.70. The Hall–Kier alpha value is -3.24. The first-order valence-electron chi connectivity index (χ1n) is 16.6. The molecule has 3 aliphatic rings. The minimum atomic E-state index is -1.83. The summed E-state index contributed by atoms with van der Waals surface area (Å²) in [4.78, 5) is 0. The van der Waals surface area contributed by atoms with Gasteiger partial charge in [0.15, 0.2) is 35.6 Å². The topological polar surface area (TPSA) is 276 Å². The van der Waals surface area contributed by atoms with Crippen molar-refractivity contribution in [3.05, 3.63) is 34.9 Å². The van der Waals surface area contributed by atoms with Crippen LogP contribution in [0.4, 0.5) is 0 Å². The summed E-state index contributed by atoms with van der Waals surface area (Å²) in [6.45, 7) is -2.09. The monoisotopic (exact) mass is 744 g/mol. The standard InChI is InChI=1S/C34H48O18/c1-45-17-7-14(8-18(46-2)24(17)38)22-16(15(9-35)5-13-6-19(47-3)26(40)32(48-4)23(13)22)12-49-33-30(44)28(42)31(21(11-37)51-33)52-34-29(43)27(41)25(39)20(10-36)50-34/h6-8,15-16,20-22,25,27-31,33-44H,5,9-12H2,1-4H3. The molecule has 292 valence electrons. The van der Waals surface area contributed by atoms with Crippen LogP contribution in [0.5, 0.6) is 34.5 Å². The first-order valence-corrected chi connectivity index (χ1v) is 16.6. The number of aliphatic hydroxyl groups is 8. The van der Waals surface area contributed by atoms with Crippen LogP contribution in [0.15, 0.2) is 18.2 Å². The van der Waals surface area contributed by atoms with Crippen molar-refractivity contribution in [2.24, 2.45) is 11.8 Å². The summed E-state index contributed by atoms with van der Waals surface area (Å²) in [5.74, 6) is -2.10. The summed E-state index contributed by atoms with van der Waals surface area (Å²) in [7, 11) is 5.49. The van der Waals surface area contributed by atoms with Gasteiger partial charge < -0.3 is 89.0 Å². The molecule has 52 heavy (non-hydrogen) atoms. The smallest absolute Gasteiger partial charge is 0.201 e. The third-order valence-electron chi connectivity index (χ3n) is 10.1. The van der Waals surface area contributed by atoms with E-state index in [-0.39, 0.29) is 54.1 Å². The maximum absolute atomic E-state index is 11.2. The van der Waals surface area contributed by atoms with Gasteiger partial charge in [-0.25, -0.2) is 0 Å². The second-order valence-electron chi connectivity index (χ2n) is 12.9. The first-order chi connectivity index (χ1) is 24.9. The first kappa shape index (κ1) is 40.0. The highest BCUT2D eigenvalue weighted by Crippen LogP contribution is 2.54. The molecule has 0 aromatic heterocycles. The van der Waals surface area contributed by atoms with E-state index in [1.165, 1.54) is 28.4 Å². The second kappa shape index (κ2) is 16.8. The molecule has 18 heteroatoms. The van der Waals surface area contributed by atoms with E-state index in [2.05, 4.69) is 0 Å². The molecule has 2 fully saturated rings. The van der Waals surface area contributed by atoms with Crippen molar-refractivity contribution in [2.75, 3.05) is 54.9 Å². The van der Waals surface area contributed by atoms with Gasteiger partial charge in [0.25, 0.3) is 0 Å². The Balaban J connectivity index is 1.47. The van der Waals surface area contributed by atoms with E-state index in [1.54, 1.807) is 18.2 Å². The third-order valence-corrected chi connectivity index (χ3v) is 10.1. The van der Waals surface area contributed by atoms with Gasteiger partial charge in [0.05, 0.1) is 48.3 Å². The van der Waals surface area contributed by atoms with Crippen LogP contribution in [-0.4, -0.2) is 167 Å². The Bertz CT molecular complexity index is 1480. The van der Waals surface area contributed by atoms with Crippen LogP contribution in [-0.2, 0) is 25.4 Å². The lowest BCUT2D eigenvalue weighted by molar-refractivity contribution is -0.360. The zero-order valence-corrected chi connectivity index (χ0v) is 29.0. The van der Waals surface area contributed by atoms with E-state index in [0.717, 1.165) is 0 Å². The van der Waals surface area contributed by atoms with Crippen LogP contribution in [0.25, 0.3) is 0 Å². The van der Waals surface area contributed by atoms with Crippen molar-refractivity contribution in [1.82, 2.24) is 0 Å². The number of hydrogen-bond donors (Lipinski definition) is 10. The van der Waals surface area contributed by atoms with E-state index < -0.39 is 92.4 Å². The van der Waals surface area contributed by atoms with Crippen molar-refractivity contribution in [2.45, 2.75) is 73.8 Å². The number of methoxy groups -OCH3 is 4. The molecular formula is C34H48O18. The summed E-state index contributed by atoms with van der Waals surface area (Å²) in [6, 6.07) is 4.77. The SMILES string of the molecule is COc1cc(C2c3c(cc(OC)c(O)c3OC)CC(CO)C2COC2OC(CO)C(OC3OC(CO)C(O)C(O)C3O)C(O)C2O)cc(OC)c1O. The zero-order valence-electron chi connectivity index (χ0n) is 29.0. The van der Waals surface area contributed by atoms with E-state index in [1.807, 2.05) is 0 Å². The molecule has 1 aliphatic carbocycles. The predicted molar refractivity (Wildman–Crippen MR) is 174 cm³/mol. The van der Waals surface area contributed by atoms with Crippen LogP contribution in [0, 0.1) is 11.8 Å². The van der Waals surface area contributed by atoms with Gasteiger partial charge in [-0.15, -0.1) is 0 Å². The van der Waals surface area contributed by atoms with Gasteiger partial charge in [-0.1, -0.05) is 0 Å². The zero-order chi connectivity index (χ0) is 38.0. The van der Waals surface area contributed by atoms with E-state index >= 15 is 0 Å². The van der Waals surface area contributed by atoms with Gasteiger partial charge in [-0.2, -0.15) is 0 Å². The minimum absolute atomic E-state index is 0.0729. The van der Waals surface area contributed by atoms with Gasteiger partial charge in [0.2, 0.25) is 11.5 Å². The van der Waals surface area contributed by atoms with Crippen LogP contribution in [0.3, 0.4) is 0 Å². The Labute approximate surface area is 298 Å². The average Bonchev–Trinajstić information content (AvgIpc) is 3.15. The third kappa shape index (κ3) is 7.31. The van der Waals surface area contributed by atoms with Gasteiger partial charge in [-0.05, 0) is 47.6 Å². The fraction of sp³-hybridized carbons (Fsp3) is 0.647. The molecule has 0 spiro atoms. The number of ether oxygens (including phenoxy) is 8. The number of rotatable bonds is 13. The van der Waals surface area contributed by atoms with Crippen molar-refractivity contribution in [3.8, 4) is 34.5 Å². The number of benzene rings is 2. The lowest BCUT2D eigenvalue weighted by Crippen LogP contribution is -2.64. The number of fused-ring (bicyclic) bond motifs is 1. The van der Waals surface area contributed by atoms with E-state index in [9.17, 15) is 51.1 Å². The number of aromatic hydroxyl groups is 2. The van der Waals surface area contributed by atoms with Gasteiger partial charge in [0.1, 0.15) is 48.8 Å². The Morgan fingerprint density at radius 3 is 1.79 bits per heavy atom. The molecule has 2 saturated heterocycles. The van der Waals surface area contributed by atoms with E-state index in [4.69, 9.17) is 37.9 Å². The lowest BCUT2D eigenvalue weighted by Gasteiger charge is -2.46. The fourth-order valence-corrected chi connectivity index (χ4v) is 7.32. The maximum Gasteiger partial charge on any atom is 0.201 e. The maximum atomic E-state index is 11.2. The highest BCUT2D eigenvalue weighted by atomic mass is 16.7. The highest BCUT2D eigenvalue weighted by Gasteiger charge is 2.51. The molecule has 0 amide bonds. The summed E-state index contributed by atoms with van der Waals surface area (Å²) in [6.07, 6.45) is -16.1. The molecule has 2 heterocycles. The van der Waals surface area contributed by atoms with Crippen molar-refractivity contribution < 1.29 is 89.0 Å². The quantitative estimate of drug-likeness (QED) is 0.103. The Morgan fingerprint density at radius 1 is 0.654 bits per heavy atom. The molecule has 13 unspecified atom stereocenters. The number of phenols is 2. The molecule has 0 radical (unpaired) electrons. The number of phenolic OH excluding ortho intramolecular Hbond substituents is 2. The molecule has 0 saturated carbocycles. The van der Waals surface area contributed by atoms with Crippen LogP contribution in [0.1, 0.15) is 22.6 Å². The van der Waals surface area contributed by atoms with Crippen molar-refractivity contribution >= 4 is 0 Å². The molecule has 2 aliphatic heterocycles. The fourth-order valence-electron chi connectivity index (χ4n) is 7.32. The van der Waals surface area contributed by atoms with Gasteiger partial charge in [-0.3, -0.25) is 0 Å². The molecule has 18 nitrogen and oxygen atoms in total. The lowest BCUT2D eigenvalue weighted by atomic mass is 9.66. The number of hydrogen-bond acceptors (Lipinski definition) is 18. The highest BCUT2D eigenvalue weighted by molar-refractivity contribution is 5.64. The molecule has 2 aromatic rings. The largest absolute Gasteiger partial charge is 0.502 e. The summed E-state index contributed by atoms with van der Waals surface area (Å²) >= 11 is 0. The average molecular weight is 745 g/mol. The normalized spacial score (nSPS) is 34.7. The van der Waals surface area contributed by atoms with Crippen molar-refractivity contribution in [3.63, 3.8) is 0 Å². The molecule has 5 rings (SSSR count). The molecule has 10 N–H and O–H groups in total. The predicted octanol–water partition coefficient (Wildman–Crippen LogP) is -2.31. The molecule has 0 bridgehead atoms. The molecule has 13 atom stereocenters. The van der Waals surface area contributed by atoms with Crippen LogP contribution in [0.2, 0.25) is 0 Å².